The normalized spacial score (nSPS) is 15.9. The zero-order valence-electron chi connectivity index (χ0n) is 13.2. The molecule has 1 aromatic rings. The Labute approximate surface area is 131 Å². The standard InChI is InChI=1S/C17H24N2O3/c1-12(2)11-22-15-5-3-4-14(10-15)17(21)19-8-6-13(7-9-19)16(18)20/h3-5,10,12-13H,6-9,11H2,1-2H3,(H2,18,20). The molecule has 1 fully saturated rings. The van der Waals surface area contributed by atoms with Gasteiger partial charge >= 0.3 is 0 Å². The van der Waals surface area contributed by atoms with E-state index < -0.39 is 0 Å². The summed E-state index contributed by atoms with van der Waals surface area (Å²) in [5.74, 6) is 0.762. The number of carbonyl (C=O) groups is 2. The smallest absolute Gasteiger partial charge is 0.253 e. The lowest BCUT2D eigenvalue weighted by atomic mass is 9.96. The van der Waals surface area contributed by atoms with E-state index in [1.165, 1.54) is 0 Å². The molecule has 0 saturated carbocycles. The van der Waals surface area contributed by atoms with Crippen LogP contribution in [-0.2, 0) is 4.79 Å². The highest BCUT2D eigenvalue weighted by atomic mass is 16.5. The lowest BCUT2D eigenvalue weighted by molar-refractivity contribution is -0.123. The molecule has 1 aliphatic heterocycles. The van der Waals surface area contributed by atoms with Crippen molar-refractivity contribution in [3.63, 3.8) is 0 Å². The molecule has 2 rings (SSSR count). The molecule has 0 bridgehead atoms. The number of hydrogen-bond donors (Lipinski definition) is 1. The first-order chi connectivity index (χ1) is 10.5. The molecule has 0 aromatic heterocycles. The number of carbonyl (C=O) groups excluding carboxylic acids is 2. The fourth-order valence-corrected chi connectivity index (χ4v) is 2.53. The van der Waals surface area contributed by atoms with Gasteiger partial charge in [-0.3, -0.25) is 9.59 Å². The van der Waals surface area contributed by atoms with E-state index in [0.717, 1.165) is 0 Å². The number of rotatable bonds is 5. The maximum atomic E-state index is 12.5. The predicted octanol–water partition coefficient (Wildman–Crippen LogP) is 2.06. The van der Waals surface area contributed by atoms with Gasteiger partial charge in [-0.2, -0.15) is 0 Å². The van der Waals surface area contributed by atoms with Gasteiger partial charge < -0.3 is 15.4 Å². The monoisotopic (exact) mass is 304 g/mol. The van der Waals surface area contributed by atoms with Crippen LogP contribution in [0.1, 0.15) is 37.0 Å². The number of hydrogen-bond acceptors (Lipinski definition) is 3. The molecule has 0 atom stereocenters. The SMILES string of the molecule is CC(C)COc1cccc(C(=O)N2CCC(C(N)=O)CC2)c1. The summed E-state index contributed by atoms with van der Waals surface area (Å²) in [7, 11) is 0. The largest absolute Gasteiger partial charge is 0.493 e. The first kappa shape index (κ1) is 16.3. The van der Waals surface area contributed by atoms with Gasteiger partial charge in [-0.05, 0) is 37.0 Å². The summed E-state index contributed by atoms with van der Waals surface area (Å²) >= 11 is 0. The summed E-state index contributed by atoms with van der Waals surface area (Å²) in [6, 6.07) is 7.27. The van der Waals surface area contributed by atoms with Crippen molar-refractivity contribution in [2.75, 3.05) is 19.7 Å². The van der Waals surface area contributed by atoms with Crippen molar-refractivity contribution in [1.29, 1.82) is 0 Å². The molecular weight excluding hydrogens is 280 g/mol. The number of nitrogens with zero attached hydrogens (tertiary/aromatic N) is 1. The first-order valence-corrected chi connectivity index (χ1v) is 7.79. The molecule has 0 unspecified atom stereocenters. The molecule has 22 heavy (non-hydrogen) atoms. The number of piperidine rings is 1. The summed E-state index contributed by atoms with van der Waals surface area (Å²) in [5.41, 5.74) is 5.94. The number of nitrogens with two attached hydrogens (primary N) is 1. The van der Waals surface area contributed by atoms with Crippen LogP contribution in [0.15, 0.2) is 24.3 Å². The molecule has 5 heteroatoms. The van der Waals surface area contributed by atoms with Gasteiger partial charge in [0.1, 0.15) is 5.75 Å². The van der Waals surface area contributed by atoms with Crippen LogP contribution in [0.25, 0.3) is 0 Å². The van der Waals surface area contributed by atoms with Crippen LogP contribution in [0, 0.1) is 11.8 Å². The van der Waals surface area contributed by atoms with Crippen molar-refractivity contribution in [2.45, 2.75) is 26.7 Å². The Morgan fingerprint density at radius 3 is 2.59 bits per heavy atom. The molecule has 0 radical (unpaired) electrons. The van der Waals surface area contributed by atoms with Gasteiger partial charge in [0.25, 0.3) is 5.91 Å². The number of primary amides is 1. The molecule has 1 aliphatic rings. The molecule has 120 valence electrons. The minimum absolute atomic E-state index is 0.0158. The van der Waals surface area contributed by atoms with Crippen LogP contribution in [0.3, 0.4) is 0 Å². The molecule has 2 N–H and O–H groups in total. The van der Waals surface area contributed by atoms with Crippen LogP contribution in [0.5, 0.6) is 5.75 Å². The van der Waals surface area contributed by atoms with Gasteiger partial charge in [0.15, 0.2) is 0 Å². The van der Waals surface area contributed by atoms with E-state index in [-0.39, 0.29) is 17.7 Å². The van der Waals surface area contributed by atoms with Gasteiger partial charge in [-0.15, -0.1) is 0 Å². The van der Waals surface area contributed by atoms with Crippen LogP contribution in [0.4, 0.5) is 0 Å². The average molecular weight is 304 g/mol. The Balaban J connectivity index is 1.98. The number of likely N-dealkylation sites (tertiary alicyclic amines) is 1. The van der Waals surface area contributed by atoms with Gasteiger partial charge in [0.2, 0.25) is 5.91 Å². The van der Waals surface area contributed by atoms with Crippen molar-refractivity contribution in [1.82, 2.24) is 4.90 Å². The third-order valence-corrected chi connectivity index (χ3v) is 3.85. The van der Waals surface area contributed by atoms with E-state index in [4.69, 9.17) is 10.5 Å². The quantitative estimate of drug-likeness (QED) is 0.905. The first-order valence-electron chi connectivity index (χ1n) is 7.79. The van der Waals surface area contributed by atoms with Crippen molar-refractivity contribution in [3.8, 4) is 5.75 Å². The van der Waals surface area contributed by atoms with E-state index in [2.05, 4.69) is 13.8 Å². The Morgan fingerprint density at radius 1 is 1.32 bits per heavy atom. The number of ether oxygens (including phenoxy) is 1. The Bertz CT molecular complexity index is 534. The Morgan fingerprint density at radius 2 is 2.00 bits per heavy atom. The van der Waals surface area contributed by atoms with E-state index in [0.29, 0.717) is 49.8 Å². The molecule has 2 amide bonds. The lowest BCUT2D eigenvalue weighted by Gasteiger charge is -2.30. The highest BCUT2D eigenvalue weighted by molar-refractivity contribution is 5.94. The van der Waals surface area contributed by atoms with Crippen LogP contribution in [-0.4, -0.2) is 36.4 Å². The van der Waals surface area contributed by atoms with E-state index in [1.807, 2.05) is 12.1 Å². The van der Waals surface area contributed by atoms with Crippen molar-refractivity contribution >= 4 is 11.8 Å². The fraction of sp³-hybridized carbons (Fsp3) is 0.529. The minimum Gasteiger partial charge on any atom is -0.493 e. The third-order valence-electron chi connectivity index (χ3n) is 3.85. The van der Waals surface area contributed by atoms with Gasteiger partial charge in [-0.1, -0.05) is 19.9 Å². The van der Waals surface area contributed by atoms with Crippen LogP contribution >= 0.6 is 0 Å². The van der Waals surface area contributed by atoms with Crippen LogP contribution < -0.4 is 10.5 Å². The Hall–Kier alpha value is -2.04. The minimum atomic E-state index is -0.267. The Kier molecular flexibility index (Phi) is 5.41. The highest BCUT2D eigenvalue weighted by Crippen LogP contribution is 2.21. The van der Waals surface area contributed by atoms with Gasteiger partial charge in [0, 0.05) is 24.6 Å². The van der Waals surface area contributed by atoms with Crippen molar-refractivity contribution in [2.24, 2.45) is 17.6 Å². The summed E-state index contributed by atoms with van der Waals surface area (Å²) in [5, 5.41) is 0. The molecule has 5 nitrogen and oxygen atoms in total. The topological polar surface area (TPSA) is 72.6 Å². The molecule has 0 spiro atoms. The zero-order valence-corrected chi connectivity index (χ0v) is 13.2. The molecule has 1 aromatic carbocycles. The second-order valence-electron chi connectivity index (χ2n) is 6.20. The van der Waals surface area contributed by atoms with E-state index >= 15 is 0 Å². The maximum absolute atomic E-state index is 12.5. The highest BCUT2D eigenvalue weighted by Gasteiger charge is 2.26. The zero-order chi connectivity index (χ0) is 16.1. The number of benzene rings is 1. The fourth-order valence-electron chi connectivity index (χ4n) is 2.53. The third kappa shape index (κ3) is 4.23. The summed E-state index contributed by atoms with van der Waals surface area (Å²) in [6.07, 6.45) is 1.29. The molecule has 1 heterocycles. The predicted molar refractivity (Wildman–Crippen MR) is 84.6 cm³/mol. The number of amides is 2. The molecule has 1 saturated heterocycles. The second-order valence-corrected chi connectivity index (χ2v) is 6.20. The van der Waals surface area contributed by atoms with Crippen molar-refractivity contribution in [3.05, 3.63) is 29.8 Å². The maximum Gasteiger partial charge on any atom is 0.253 e. The lowest BCUT2D eigenvalue weighted by Crippen LogP contribution is -2.41. The average Bonchev–Trinajstić information content (AvgIpc) is 2.52. The van der Waals surface area contributed by atoms with Gasteiger partial charge in [0.05, 0.1) is 6.61 Å². The molecular formula is C17H24N2O3. The van der Waals surface area contributed by atoms with Gasteiger partial charge in [-0.25, -0.2) is 0 Å². The molecule has 0 aliphatic carbocycles. The summed E-state index contributed by atoms with van der Waals surface area (Å²) < 4.78 is 5.66. The summed E-state index contributed by atoms with van der Waals surface area (Å²) in [6.45, 7) is 5.93. The van der Waals surface area contributed by atoms with E-state index in [1.54, 1.807) is 17.0 Å². The van der Waals surface area contributed by atoms with Crippen LogP contribution in [0.2, 0.25) is 0 Å². The van der Waals surface area contributed by atoms with E-state index in [9.17, 15) is 9.59 Å². The summed E-state index contributed by atoms with van der Waals surface area (Å²) in [4.78, 5) is 25.5. The van der Waals surface area contributed by atoms with Crippen molar-refractivity contribution < 1.29 is 14.3 Å². The second kappa shape index (κ2) is 7.29.